The van der Waals surface area contributed by atoms with Crippen LogP contribution in [0.15, 0.2) is 30.3 Å². The molecule has 0 aromatic heterocycles. The van der Waals surface area contributed by atoms with Crippen molar-refractivity contribution in [3.05, 3.63) is 35.9 Å². The first-order chi connectivity index (χ1) is 13.3. The van der Waals surface area contributed by atoms with Crippen LogP contribution in [0.2, 0.25) is 0 Å². The Morgan fingerprint density at radius 1 is 0.815 bits per heavy atom. The lowest BCUT2D eigenvalue weighted by Crippen LogP contribution is -2.30. The van der Waals surface area contributed by atoms with Gasteiger partial charge < -0.3 is 10.4 Å². The third-order valence-corrected chi connectivity index (χ3v) is 5.23. The van der Waals surface area contributed by atoms with Gasteiger partial charge in [0.15, 0.2) is 0 Å². The van der Waals surface area contributed by atoms with Gasteiger partial charge in [-0.2, -0.15) is 0 Å². The molecule has 1 amide bonds. The van der Waals surface area contributed by atoms with Gasteiger partial charge in [-0.05, 0) is 12.0 Å². The van der Waals surface area contributed by atoms with E-state index in [0.717, 1.165) is 18.4 Å². The maximum Gasteiger partial charge on any atom is 0.220 e. The number of aliphatic hydroxyl groups is 1. The minimum atomic E-state index is -0.291. The number of carbonyl (C=O) groups excluding carboxylic acids is 1. The predicted octanol–water partition coefficient (Wildman–Crippen LogP) is 6.32. The van der Waals surface area contributed by atoms with E-state index in [0.29, 0.717) is 6.42 Å². The summed E-state index contributed by atoms with van der Waals surface area (Å²) >= 11 is 0. The molecule has 2 N–H and O–H groups in total. The van der Waals surface area contributed by atoms with Gasteiger partial charge in [0.05, 0.1) is 12.6 Å². The lowest BCUT2D eigenvalue weighted by molar-refractivity contribution is -0.122. The Hall–Kier alpha value is -1.35. The molecule has 0 spiro atoms. The summed E-state index contributed by atoms with van der Waals surface area (Å²) in [7, 11) is 0. The van der Waals surface area contributed by atoms with Crippen molar-refractivity contribution in [2.45, 2.75) is 103 Å². The first-order valence-corrected chi connectivity index (χ1v) is 11.2. The number of nitrogens with one attached hydrogen (secondary N) is 1. The van der Waals surface area contributed by atoms with Crippen molar-refractivity contribution in [1.82, 2.24) is 5.32 Å². The molecule has 0 radical (unpaired) electrons. The molecule has 1 aromatic rings. The van der Waals surface area contributed by atoms with Crippen LogP contribution < -0.4 is 5.32 Å². The zero-order chi connectivity index (χ0) is 19.6. The summed E-state index contributed by atoms with van der Waals surface area (Å²) in [6, 6.07) is 9.37. The van der Waals surface area contributed by atoms with Crippen LogP contribution in [0.25, 0.3) is 0 Å². The molecule has 0 aliphatic heterocycles. The standard InChI is InChI=1S/C24H41NO2/c1-2-3-4-5-6-7-8-9-10-11-12-13-17-20-24(27)25-23(21-26)22-18-15-14-16-19-22/h14-16,18-19,23,26H,2-13,17,20-21H2,1H3,(H,25,27). The molecule has 1 rings (SSSR count). The zero-order valence-electron chi connectivity index (χ0n) is 17.4. The Balaban J connectivity index is 1.93. The Morgan fingerprint density at radius 3 is 1.78 bits per heavy atom. The van der Waals surface area contributed by atoms with Crippen LogP contribution in [0.4, 0.5) is 0 Å². The highest BCUT2D eigenvalue weighted by Crippen LogP contribution is 2.14. The van der Waals surface area contributed by atoms with E-state index in [1.807, 2.05) is 30.3 Å². The molecule has 0 aliphatic carbocycles. The van der Waals surface area contributed by atoms with Crippen LogP contribution >= 0.6 is 0 Å². The molecule has 1 unspecified atom stereocenters. The van der Waals surface area contributed by atoms with Crippen molar-refractivity contribution in [2.75, 3.05) is 6.61 Å². The van der Waals surface area contributed by atoms with Crippen molar-refractivity contribution in [3.63, 3.8) is 0 Å². The summed E-state index contributed by atoms with van der Waals surface area (Å²) in [6.07, 6.45) is 17.6. The maximum atomic E-state index is 12.1. The molecule has 1 atom stereocenters. The normalized spacial score (nSPS) is 12.1. The monoisotopic (exact) mass is 375 g/mol. The van der Waals surface area contributed by atoms with Gasteiger partial charge >= 0.3 is 0 Å². The van der Waals surface area contributed by atoms with Gasteiger partial charge in [0.2, 0.25) is 5.91 Å². The number of hydrogen-bond donors (Lipinski definition) is 2. The molecule has 0 heterocycles. The third-order valence-electron chi connectivity index (χ3n) is 5.23. The van der Waals surface area contributed by atoms with E-state index in [1.165, 1.54) is 70.6 Å². The first kappa shape index (κ1) is 23.7. The fraction of sp³-hybridized carbons (Fsp3) is 0.708. The topological polar surface area (TPSA) is 49.3 Å². The van der Waals surface area contributed by atoms with Crippen LogP contribution in [-0.2, 0) is 4.79 Å². The highest BCUT2D eigenvalue weighted by atomic mass is 16.3. The second kappa shape index (κ2) is 16.8. The van der Waals surface area contributed by atoms with Gasteiger partial charge in [0.25, 0.3) is 0 Å². The zero-order valence-corrected chi connectivity index (χ0v) is 17.4. The highest BCUT2D eigenvalue weighted by Gasteiger charge is 2.12. The second-order valence-corrected chi connectivity index (χ2v) is 7.71. The summed E-state index contributed by atoms with van der Waals surface area (Å²) in [5.74, 6) is 0.0426. The molecule has 0 aliphatic rings. The number of hydrogen-bond acceptors (Lipinski definition) is 2. The average molecular weight is 376 g/mol. The van der Waals surface area contributed by atoms with Gasteiger partial charge in [0, 0.05) is 6.42 Å². The summed E-state index contributed by atoms with van der Waals surface area (Å²) in [5, 5.41) is 12.4. The van der Waals surface area contributed by atoms with Crippen molar-refractivity contribution in [2.24, 2.45) is 0 Å². The van der Waals surface area contributed by atoms with Crippen LogP contribution in [0.1, 0.15) is 108 Å². The molecule has 1 aromatic carbocycles. The molecule has 0 bridgehead atoms. The van der Waals surface area contributed by atoms with Gasteiger partial charge in [-0.25, -0.2) is 0 Å². The van der Waals surface area contributed by atoms with E-state index in [9.17, 15) is 9.90 Å². The summed E-state index contributed by atoms with van der Waals surface area (Å²) in [5.41, 5.74) is 0.957. The summed E-state index contributed by atoms with van der Waals surface area (Å²) in [4.78, 5) is 12.1. The van der Waals surface area contributed by atoms with Gasteiger partial charge in [-0.3, -0.25) is 4.79 Å². The van der Waals surface area contributed by atoms with Gasteiger partial charge in [-0.15, -0.1) is 0 Å². The second-order valence-electron chi connectivity index (χ2n) is 7.71. The number of benzene rings is 1. The Kier molecular flexibility index (Phi) is 14.7. The van der Waals surface area contributed by atoms with Crippen LogP contribution in [-0.4, -0.2) is 17.6 Å². The number of amides is 1. The largest absolute Gasteiger partial charge is 0.394 e. The van der Waals surface area contributed by atoms with Crippen LogP contribution in [0.3, 0.4) is 0 Å². The molecule has 3 heteroatoms. The molecule has 0 saturated carbocycles. The SMILES string of the molecule is CCCCCCCCCCCCCCCC(=O)NC(CO)c1ccccc1. The third kappa shape index (κ3) is 12.6. The van der Waals surface area contributed by atoms with E-state index in [2.05, 4.69) is 12.2 Å². The number of carbonyl (C=O) groups is 1. The highest BCUT2D eigenvalue weighted by molar-refractivity contribution is 5.76. The van der Waals surface area contributed by atoms with E-state index in [-0.39, 0.29) is 18.6 Å². The summed E-state index contributed by atoms with van der Waals surface area (Å²) < 4.78 is 0. The van der Waals surface area contributed by atoms with Crippen molar-refractivity contribution in [3.8, 4) is 0 Å². The smallest absolute Gasteiger partial charge is 0.220 e. The maximum absolute atomic E-state index is 12.1. The van der Waals surface area contributed by atoms with Crippen molar-refractivity contribution >= 4 is 5.91 Å². The molecule has 154 valence electrons. The Morgan fingerprint density at radius 2 is 1.30 bits per heavy atom. The number of aliphatic hydroxyl groups excluding tert-OH is 1. The van der Waals surface area contributed by atoms with E-state index >= 15 is 0 Å². The first-order valence-electron chi connectivity index (χ1n) is 11.2. The molecule has 3 nitrogen and oxygen atoms in total. The molecular formula is C24H41NO2. The van der Waals surface area contributed by atoms with Crippen molar-refractivity contribution in [1.29, 1.82) is 0 Å². The van der Waals surface area contributed by atoms with E-state index < -0.39 is 0 Å². The van der Waals surface area contributed by atoms with E-state index in [1.54, 1.807) is 0 Å². The molecule has 27 heavy (non-hydrogen) atoms. The predicted molar refractivity (Wildman–Crippen MR) is 115 cm³/mol. The Bertz CT molecular complexity index is 461. The minimum absolute atomic E-state index is 0.0426. The van der Waals surface area contributed by atoms with Gasteiger partial charge in [0.1, 0.15) is 0 Å². The fourth-order valence-electron chi connectivity index (χ4n) is 3.49. The quantitative estimate of drug-likeness (QED) is 0.313. The lowest BCUT2D eigenvalue weighted by Gasteiger charge is -2.16. The molecule has 0 fully saturated rings. The minimum Gasteiger partial charge on any atom is -0.394 e. The van der Waals surface area contributed by atoms with E-state index in [4.69, 9.17) is 0 Å². The number of rotatable bonds is 17. The molecular weight excluding hydrogens is 334 g/mol. The number of unbranched alkanes of at least 4 members (excludes halogenated alkanes) is 12. The van der Waals surface area contributed by atoms with Crippen LogP contribution in [0, 0.1) is 0 Å². The lowest BCUT2D eigenvalue weighted by atomic mass is 10.0. The summed E-state index contributed by atoms with van der Waals surface area (Å²) in [6.45, 7) is 2.21. The van der Waals surface area contributed by atoms with Crippen molar-refractivity contribution < 1.29 is 9.90 Å². The Labute approximate surface area is 167 Å². The average Bonchev–Trinajstić information content (AvgIpc) is 2.70. The molecule has 0 saturated heterocycles. The van der Waals surface area contributed by atoms with Crippen LogP contribution in [0.5, 0.6) is 0 Å². The fourth-order valence-corrected chi connectivity index (χ4v) is 3.49. The van der Waals surface area contributed by atoms with Gasteiger partial charge in [-0.1, -0.05) is 114 Å².